The second-order valence-corrected chi connectivity index (χ2v) is 11.8. The zero-order valence-corrected chi connectivity index (χ0v) is 19.7. The second-order valence-electron chi connectivity index (χ2n) is 7.36. The van der Waals surface area contributed by atoms with Gasteiger partial charge in [-0.2, -0.15) is 11.8 Å². The first-order chi connectivity index (χ1) is 14.8. The zero-order chi connectivity index (χ0) is 20.3. The Hall–Kier alpha value is -1.45. The molecule has 1 aliphatic rings. The molecule has 0 amide bonds. The molecule has 0 unspecified atom stereocenters. The van der Waals surface area contributed by atoms with Crippen LogP contribution in [0.5, 0.6) is 0 Å². The molecule has 0 saturated heterocycles. The number of nitrogens with one attached hydrogen (secondary N) is 1. The van der Waals surface area contributed by atoms with E-state index in [1.165, 1.54) is 38.5 Å². The van der Waals surface area contributed by atoms with Crippen LogP contribution in [0.3, 0.4) is 0 Å². The summed E-state index contributed by atoms with van der Waals surface area (Å²) < 4.78 is 3.79. The molecule has 30 heavy (non-hydrogen) atoms. The normalized spacial score (nSPS) is 13.9. The number of anilines is 1. The van der Waals surface area contributed by atoms with Crippen molar-refractivity contribution < 1.29 is 5.11 Å². The van der Waals surface area contributed by atoms with Crippen LogP contribution in [0, 0.1) is 5.92 Å². The summed E-state index contributed by atoms with van der Waals surface area (Å²) in [5.74, 6) is 2.47. The van der Waals surface area contributed by atoms with Crippen LogP contribution in [0.1, 0.15) is 17.7 Å². The van der Waals surface area contributed by atoms with Gasteiger partial charge in [0.05, 0.1) is 27.7 Å². The number of hydrogen-bond acceptors (Lipinski definition) is 7. The van der Waals surface area contributed by atoms with Gasteiger partial charge in [-0.05, 0) is 54.3 Å². The number of thioether (sulfide) groups is 1. The first kappa shape index (κ1) is 20.5. The Morgan fingerprint density at radius 2 is 2.17 bits per heavy atom. The van der Waals surface area contributed by atoms with Gasteiger partial charge in [0.2, 0.25) is 0 Å². The van der Waals surface area contributed by atoms with Gasteiger partial charge in [0.1, 0.15) is 5.01 Å². The summed E-state index contributed by atoms with van der Waals surface area (Å²) in [6, 6.07) is 13.1. The molecule has 0 radical (unpaired) electrons. The molecule has 1 aromatic carbocycles. The van der Waals surface area contributed by atoms with Crippen LogP contribution in [0.25, 0.3) is 21.6 Å². The second kappa shape index (κ2) is 9.36. The van der Waals surface area contributed by atoms with Crippen molar-refractivity contribution in [2.45, 2.75) is 22.8 Å². The Kier molecular flexibility index (Phi) is 6.38. The van der Waals surface area contributed by atoms with E-state index in [1.54, 1.807) is 34.4 Å². The summed E-state index contributed by atoms with van der Waals surface area (Å²) in [4.78, 5) is 9.55. The van der Waals surface area contributed by atoms with Crippen molar-refractivity contribution in [2.75, 3.05) is 23.2 Å². The molecular formula is C22H23N3OS4. The minimum absolute atomic E-state index is 0.224. The van der Waals surface area contributed by atoms with E-state index in [1.807, 2.05) is 18.1 Å². The van der Waals surface area contributed by atoms with Crippen LogP contribution in [-0.2, 0) is 5.75 Å². The van der Waals surface area contributed by atoms with E-state index in [2.05, 4.69) is 56.1 Å². The predicted octanol–water partition coefficient (Wildman–Crippen LogP) is 6.50. The zero-order valence-electron chi connectivity index (χ0n) is 16.4. The predicted molar refractivity (Wildman–Crippen MR) is 133 cm³/mol. The van der Waals surface area contributed by atoms with E-state index < -0.39 is 0 Å². The molecule has 1 fully saturated rings. The highest BCUT2D eigenvalue weighted by molar-refractivity contribution is 8.02. The minimum Gasteiger partial charge on any atom is -0.396 e. The van der Waals surface area contributed by atoms with Gasteiger partial charge in [-0.1, -0.05) is 18.2 Å². The quantitative estimate of drug-likeness (QED) is 0.203. The number of aromatic nitrogens is 2. The molecule has 5 rings (SSSR count). The van der Waals surface area contributed by atoms with Crippen LogP contribution >= 0.6 is 46.4 Å². The lowest BCUT2D eigenvalue weighted by Gasteiger charge is -2.23. The van der Waals surface area contributed by atoms with Crippen LogP contribution in [-0.4, -0.2) is 34.0 Å². The van der Waals surface area contributed by atoms with Crippen LogP contribution < -0.4 is 4.31 Å². The number of H-pyrrole nitrogens is 1. The van der Waals surface area contributed by atoms with Gasteiger partial charge < -0.3 is 14.4 Å². The van der Waals surface area contributed by atoms with E-state index in [9.17, 15) is 0 Å². The molecule has 8 heteroatoms. The molecule has 0 aliphatic heterocycles. The van der Waals surface area contributed by atoms with Crippen molar-refractivity contribution in [3.63, 3.8) is 0 Å². The number of thiazole rings is 1. The van der Waals surface area contributed by atoms with Crippen molar-refractivity contribution in [2.24, 2.45) is 5.92 Å². The fourth-order valence-corrected chi connectivity index (χ4v) is 7.01. The molecule has 4 aromatic rings. The van der Waals surface area contributed by atoms with Crippen molar-refractivity contribution in [3.8, 4) is 10.7 Å². The maximum absolute atomic E-state index is 8.97. The van der Waals surface area contributed by atoms with Gasteiger partial charge in [-0.15, -0.1) is 22.7 Å². The van der Waals surface area contributed by atoms with E-state index in [-0.39, 0.29) is 6.61 Å². The molecule has 156 valence electrons. The van der Waals surface area contributed by atoms with Gasteiger partial charge in [-0.3, -0.25) is 0 Å². The fourth-order valence-electron chi connectivity index (χ4n) is 3.34. The third-order valence-electron chi connectivity index (χ3n) is 4.98. The number of aromatic amines is 1. The first-order valence-electron chi connectivity index (χ1n) is 10.0. The highest BCUT2D eigenvalue weighted by atomic mass is 32.2. The summed E-state index contributed by atoms with van der Waals surface area (Å²) in [5.41, 5.74) is 3.51. The van der Waals surface area contributed by atoms with E-state index in [0.29, 0.717) is 0 Å². The van der Waals surface area contributed by atoms with E-state index in [0.717, 1.165) is 34.7 Å². The molecule has 3 aromatic heterocycles. The van der Waals surface area contributed by atoms with Crippen molar-refractivity contribution in [3.05, 3.63) is 52.9 Å². The highest BCUT2D eigenvalue weighted by Gasteiger charge is 2.26. The van der Waals surface area contributed by atoms with Crippen LogP contribution in [0.15, 0.2) is 52.2 Å². The summed E-state index contributed by atoms with van der Waals surface area (Å²) in [6.07, 6.45) is 4.64. The van der Waals surface area contributed by atoms with Crippen molar-refractivity contribution in [1.82, 2.24) is 9.97 Å². The molecule has 2 N–H and O–H groups in total. The monoisotopic (exact) mass is 473 g/mol. The number of aliphatic hydroxyl groups excluding tert-OH is 1. The van der Waals surface area contributed by atoms with Gasteiger partial charge in [0.25, 0.3) is 0 Å². The number of hydrogen-bond donors (Lipinski definition) is 2. The fraction of sp³-hybridized carbons (Fsp3) is 0.318. The topological polar surface area (TPSA) is 52.2 Å². The Labute approximate surface area is 192 Å². The van der Waals surface area contributed by atoms with E-state index in [4.69, 9.17) is 5.11 Å². The Morgan fingerprint density at radius 3 is 2.97 bits per heavy atom. The van der Waals surface area contributed by atoms with E-state index >= 15 is 0 Å². The van der Waals surface area contributed by atoms with Gasteiger partial charge >= 0.3 is 0 Å². The summed E-state index contributed by atoms with van der Waals surface area (Å²) in [6.45, 7) is 1.31. The van der Waals surface area contributed by atoms with Gasteiger partial charge in [0, 0.05) is 34.5 Å². The minimum atomic E-state index is 0.224. The SMILES string of the molecule is OCCSCc1cnc(-c2cc3cccc(N(CC4CC4)Sc4cccs4)c3[nH]2)s1. The third kappa shape index (κ3) is 4.73. The average molecular weight is 474 g/mol. The molecule has 3 heterocycles. The lowest BCUT2D eigenvalue weighted by atomic mass is 10.2. The molecule has 1 aliphatic carbocycles. The first-order valence-corrected chi connectivity index (χ1v) is 13.7. The number of thiophene rings is 1. The number of aliphatic hydroxyl groups is 1. The number of fused-ring (bicyclic) bond motifs is 1. The standard InChI is InChI=1S/C22H23N3OS4/c26-8-10-27-14-17-12-23-22(29-17)18-11-16-3-1-4-19(21(16)24-18)25(13-15-6-7-15)30-20-5-2-9-28-20/h1-5,9,11-12,15,24,26H,6-8,10,13-14H2. The van der Waals surface area contributed by atoms with Crippen LogP contribution in [0.2, 0.25) is 0 Å². The van der Waals surface area contributed by atoms with Crippen molar-refractivity contribution >= 4 is 63.0 Å². The third-order valence-corrected chi connectivity index (χ3v) is 9.24. The van der Waals surface area contributed by atoms with Gasteiger partial charge in [-0.25, -0.2) is 4.98 Å². The Morgan fingerprint density at radius 1 is 1.23 bits per heavy atom. The Bertz CT molecular complexity index is 1100. The number of para-hydroxylation sites is 1. The maximum Gasteiger partial charge on any atom is 0.139 e. The number of rotatable bonds is 10. The largest absolute Gasteiger partial charge is 0.396 e. The summed E-state index contributed by atoms with van der Waals surface area (Å²) in [5, 5.41) is 13.4. The number of nitrogens with zero attached hydrogens (tertiary/aromatic N) is 2. The van der Waals surface area contributed by atoms with Crippen molar-refractivity contribution in [1.29, 1.82) is 0 Å². The summed E-state index contributed by atoms with van der Waals surface area (Å²) in [7, 11) is 0. The molecule has 0 spiro atoms. The maximum atomic E-state index is 8.97. The smallest absolute Gasteiger partial charge is 0.139 e. The average Bonchev–Trinajstić information content (AvgIpc) is 3.17. The number of benzene rings is 1. The lowest BCUT2D eigenvalue weighted by molar-refractivity contribution is 0.322. The lowest BCUT2D eigenvalue weighted by Crippen LogP contribution is -2.17. The van der Waals surface area contributed by atoms with Gasteiger partial charge in [0.15, 0.2) is 0 Å². The molecule has 0 bridgehead atoms. The summed E-state index contributed by atoms with van der Waals surface area (Å²) >= 11 is 7.11. The molecule has 0 atom stereocenters. The highest BCUT2D eigenvalue weighted by Crippen LogP contribution is 2.41. The molecule has 1 saturated carbocycles. The Balaban J connectivity index is 1.44. The molecular weight excluding hydrogens is 451 g/mol. The van der Waals surface area contributed by atoms with Crippen LogP contribution in [0.4, 0.5) is 5.69 Å². The molecule has 4 nitrogen and oxygen atoms in total.